The van der Waals surface area contributed by atoms with Crippen LogP contribution in [0.1, 0.15) is 53.2 Å². The molecule has 0 amide bonds. The molecule has 0 heterocycles. The summed E-state index contributed by atoms with van der Waals surface area (Å²) in [4.78, 5) is 11.1. The van der Waals surface area contributed by atoms with Gasteiger partial charge in [-0.3, -0.25) is 0 Å². The van der Waals surface area contributed by atoms with Gasteiger partial charge < -0.3 is 10.8 Å². The van der Waals surface area contributed by atoms with Gasteiger partial charge in [-0.1, -0.05) is 19.8 Å². The third-order valence-electron chi connectivity index (χ3n) is 3.32. The van der Waals surface area contributed by atoms with Gasteiger partial charge in [0.2, 0.25) is 0 Å². The molecule has 3 heteroatoms. The molecule has 0 fully saturated rings. The Hall–Kier alpha value is -1.51. The summed E-state index contributed by atoms with van der Waals surface area (Å²) < 4.78 is 0. The third kappa shape index (κ3) is 2.99. The van der Waals surface area contributed by atoms with E-state index in [0.29, 0.717) is 5.56 Å². The summed E-state index contributed by atoms with van der Waals surface area (Å²) in [5.74, 6) is -0.873. The first-order valence-corrected chi connectivity index (χ1v) is 6.10. The van der Waals surface area contributed by atoms with Crippen LogP contribution in [0.3, 0.4) is 0 Å². The second-order valence-electron chi connectivity index (χ2n) is 4.51. The molecule has 0 aliphatic rings. The lowest BCUT2D eigenvalue weighted by Crippen LogP contribution is -2.07. The van der Waals surface area contributed by atoms with Crippen molar-refractivity contribution in [1.29, 1.82) is 0 Å². The van der Waals surface area contributed by atoms with Crippen molar-refractivity contribution >= 4 is 11.7 Å². The van der Waals surface area contributed by atoms with E-state index in [1.807, 2.05) is 13.8 Å². The molecule has 0 atom stereocenters. The van der Waals surface area contributed by atoms with Gasteiger partial charge in [-0.05, 0) is 49.4 Å². The second kappa shape index (κ2) is 5.71. The molecule has 0 saturated carbocycles. The van der Waals surface area contributed by atoms with Crippen LogP contribution in [0.5, 0.6) is 0 Å². The predicted molar refractivity (Wildman–Crippen MR) is 70.5 cm³/mol. The van der Waals surface area contributed by atoms with Crippen LogP contribution in [0.25, 0.3) is 0 Å². The number of carboxylic acids is 1. The van der Waals surface area contributed by atoms with Crippen LogP contribution in [0, 0.1) is 13.8 Å². The van der Waals surface area contributed by atoms with E-state index in [0.717, 1.165) is 48.1 Å². The zero-order valence-electron chi connectivity index (χ0n) is 10.8. The highest BCUT2D eigenvalue weighted by Gasteiger charge is 2.14. The predicted octanol–water partition coefficient (Wildman–Crippen LogP) is 3.32. The van der Waals surface area contributed by atoms with Crippen LogP contribution >= 0.6 is 0 Å². The maximum absolute atomic E-state index is 11.1. The fraction of sp³-hybridized carbons (Fsp3) is 0.500. The van der Waals surface area contributed by atoms with Crippen LogP contribution in [0.15, 0.2) is 6.07 Å². The van der Waals surface area contributed by atoms with Crippen molar-refractivity contribution in [3.8, 4) is 0 Å². The van der Waals surface area contributed by atoms with Crippen LogP contribution in [0.2, 0.25) is 0 Å². The van der Waals surface area contributed by atoms with Crippen LogP contribution in [-0.4, -0.2) is 11.1 Å². The van der Waals surface area contributed by atoms with Gasteiger partial charge in [0, 0.05) is 5.69 Å². The summed E-state index contributed by atoms with van der Waals surface area (Å²) >= 11 is 0. The Labute approximate surface area is 103 Å². The summed E-state index contributed by atoms with van der Waals surface area (Å²) in [5.41, 5.74) is 9.82. The minimum atomic E-state index is -0.873. The van der Waals surface area contributed by atoms with Crippen molar-refractivity contribution in [3.05, 3.63) is 28.3 Å². The molecule has 0 bridgehead atoms. The average molecular weight is 235 g/mol. The highest BCUT2D eigenvalue weighted by atomic mass is 16.4. The molecule has 0 unspecified atom stereocenters. The molecule has 0 aromatic heterocycles. The van der Waals surface area contributed by atoms with Gasteiger partial charge in [0.25, 0.3) is 0 Å². The first kappa shape index (κ1) is 13.6. The molecule has 0 saturated heterocycles. The minimum Gasteiger partial charge on any atom is -0.478 e. The Morgan fingerprint density at radius 1 is 1.29 bits per heavy atom. The number of rotatable bonds is 5. The Kier molecular flexibility index (Phi) is 4.55. The maximum Gasteiger partial charge on any atom is 0.335 e. The van der Waals surface area contributed by atoms with Gasteiger partial charge in [0.05, 0.1) is 5.56 Å². The first-order valence-electron chi connectivity index (χ1n) is 6.10. The normalized spacial score (nSPS) is 10.5. The fourth-order valence-electron chi connectivity index (χ4n) is 2.00. The molecule has 3 nitrogen and oxygen atoms in total. The van der Waals surface area contributed by atoms with Gasteiger partial charge in [0.15, 0.2) is 0 Å². The van der Waals surface area contributed by atoms with Gasteiger partial charge in [0.1, 0.15) is 0 Å². The molecule has 17 heavy (non-hydrogen) atoms. The zero-order valence-corrected chi connectivity index (χ0v) is 10.8. The molecule has 3 N–H and O–H groups in total. The van der Waals surface area contributed by atoms with E-state index < -0.39 is 5.97 Å². The standard InChI is InChI=1S/C14H21NO2/c1-4-5-6-7-11-8-12(14(16)17)9(2)10(3)13(11)15/h8H,4-7,15H2,1-3H3,(H,16,17). The number of aryl methyl sites for hydroxylation is 1. The van der Waals surface area contributed by atoms with Gasteiger partial charge in [-0.25, -0.2) is 4.79 Å². The van der Waals surface area contributed by atoms with E-state index in [1.54, 1.807) is 6.07 Å². The molecule has 1 aromatic carbocycles. The van der Waals surface area contributed by atoms with Gasteiger partial charge >= 0.3 is 5.97 Å². The Bertz CT molecular complexity index is 425. The minimum absolute atomic E-state index is 0.378. The van der Waals surface area contributed by atoms with E-state index in [9.17, 15) is 4.79 Å². The summed E-state index contributed by atoms with van der Waals surface area (Å²) in [5, 5.41) is 9.14. The number of aromatic carboxylic acids is 1. The summed E-state index contributed by atoms with van der Waals surface area (Å²) in [6.07, 6.45) is 4.22. The van der Waals surface area contributed by atoms with E-state index in [4.69, 9.17) is 10.8 Å². The van der Waals surface area contributed by atoms with Gasteiger partial charge in [-0.15, -0.1) is 0 Å². The van der Waals surface area contributed by atoms with Crippen molar-refractivity contribution < 1.29 is 9.90 Å². The largest absolute Gasteiger partial charge is 0.478 e. The number of hydrogen-bond donors (Lipinski definition) is 2. The lowest BCUT2D eigenvalue weighted by Gasteiger charge is -2.13. The number of anilines is 1. The number of unbranched alkanes of at least 4 members (excludes halogenated alkanes) is 2. The van der Waals surface area contributed by atoms with E-state index in [-0.39, 0.29) is 0 Å². The van der Waals surface area contributed by atoms with Gasteiger partial charge in [-0.2, -0.15) is 0 Å². The first-order chi connectivity index (χ1) is 7.99. The molecular weight excluding hydrogens is 214 g/mol. The lowest BCUT2D eigenvalue weighted by molar-refractivity contribution is 0.0696. The Morgan fingerprint density at radius 3 is 2.47 bits per heavy atom. The van der Waals surface area contributed by atoms with Crippen molar-refractivity contribution in [3.63, 3.8) is 0 Å². The molecule has 0 aliphatic carbocycles. The van der Waals surface area contributed by atoms with Crippen molar-refractivity contribution in [2.24, 2.45) is 0 Å². The average Bonchev–Trinajstić information content (AvgIpc) is 2.29. The molecular formula is C14H21NO2. The molecule has 0 spiro atoms. The summed E-state index contributed by atoms with van der Waals surface area (Å²) in [6, 6.07) is 1.73. The van der Waals surface area contributed by atoms with Crippen LogP contribution in [0.4, 0.5) is 5.69 Å². The maximum atomic E-state index is 11.1. The van der Waals surface area contributed by atoms with Crippen LogP contribution < -0.4 is 5.73 Å². The van der Waals surface area contributed by atoms with E-state index in [2.05, 4.69) is 6.92 Å². The lowest BCUT2D eigenvalue weighted by atomic mass is 9.94. The second-order valence-corrected chi connectivity index (χ2v) is 4.51. The number of nitrogen functional groups attached to an aromatic ring is 1. The number of hydrogen-bond acceptors (Lipinski definition) is 2. The molecule has 0 radical (unpaired) electrons. The monoisotopic (exact) mass is 235 g/mol. The quantitative estimate of drug-likeness (QED) is 0.608. The van der Waals surface area contributed by atoms with Crippen molar-refractivity contribution in [1.82, 2.24) is 0 Å². The Morgan fingerprint density at radius 2 is 1.94 bits per heavy atom. The zero-order chi connectivity index (χ0) is 13.0. The van der Waals surface area contributed by atoms with Crippen molar-refractivity contribution in [2.75, 3.05) is 5.73 Å². The Balaban J connectivity index is 3.09. The summed E-state index contributed by atoms with van der Waals surface area (Å²) in [6.45, 7) is 5.85. The topological polar surface area (TPSA) is 63.3 Å². The summed E-state index contributed by atoms with van der Waals surface area (Å²) in [7, 11) is 0. The number of benzene rings is 1. The highest BCUT2D eigenvalue weighted by Crippen LogP contribution is 2.26. The highest BCUT2D eigenvalue weighted by molar-refractivity contribution is 5.91. The third-order valence-corrected chi connectivity index (χ3v) is 3.32. The molecule has 1 aromatic rings. The molecule has 0 aliphatic heterocycles. The fourth-order valence-corrected chi connectivity index (χ4v) is 2.00. The SMILES string of the molecule is CCCCCc1cc(C(=O)O)c(C)c(C)c1N. The number of nitrogens with two attached hydrogens (primary N) is 1. The molecule has 1 rings (SSSR count). The van der Waals surface area contributed by atoms with Crippen LogP contribution in [-0.2, 0) is 6.42 Å². The number of carboxylic acid groups (broad SMARTS) is 1. The smallest absolute Gasteiger partial charge is 0.335 e. The number of carbonyl (C=O) groups is 1. The van der Waals surface area contributed by atoms with E-state index in [1.165, 1.54) is 0 Å². The molecule has 94 valence electrons. The van der Waals surface area contributed by atoms with Crippen molar-refractivity contribution in [2.45, 2.75) is 46.5 Å². The van der Waals surface area contributed by atoms with E-state index >= 15 is 0 Å².